The summed E-state index contributed by atoms with van der Waals surface area (Å²) in [5.41, 5.74) is 1.38. The van der Waals surface area contributed by atoms with E-state index in [0.29, 0.717) is 0 Å². The van der Waals surface area contributed by atoms with Gasteiger partial charge in [-0.05, 0) is 47.8 Å². The lowest BCUT2D eigenvalue weighted by Gasteiger charge is -2.30. The molecule has 0 saturated carbocycles. The van der Waals surface area contributed by atoms with Crippen LogP contribution in [0.25, 0.3) is 0 Å². The van der Waals surface area contributed by atoms with Crippen LogP contribution in [0.1, 0.15) is 58.2 Å². The molecule has 112 valence electrons. The van der Waals surface area contributed by atoms with E-state index in [-0.39, 0.29) is 17.4 Å². The van der Waals surface area contributed by atoms with Gasteiger partial charge in [-0.3, -0.25) is 4.79 Å². The Hall–Kier alpha value is -1.13. The topological polar surface area (TPSA) is 29.1 Å². The third-order valence-electron chi connectivity index (χ3n) is 3.94. The fraction of sp³-hybridized carbons (Fsp3) is 0.471. The van der Waals surface area contributed by atoms with Crippen molar-refractivity contribution >= 4 is 28.6 Å². The molecule has 2 aromatic rings. The Kier molecular flexibility index (Phi) is 3.93. The van der Waals surface area contributed by atoms with E-state index in [1.54, 1.807) is 22.7 Å². The molecule has 1 aliphatic rings. The van der Waals surface area contributed by atoms with Crippen molar-refractivity contribution in [2.75, 3.05) is 0 Å². The Morgan fingerprint density at radius 1 is 1.33 bits per heavy atom. The van der Waals surface area contributed by atoms with Gasteiger partial charge in [-0.2, -0.15) is 0 Å². The van der Waals surface area contributed by atoms with Gasteiger partial charge in [0.05, 0.1) is 10.9 Å². The molecule has 0 aromatic carbocycles. The van der Waals surface area contributed by atoms with Crippen molar-refractivity contribution in [1.29, 1.82) is 0 Å². The number of carbonyl (C=O) groups excluding carboxylic acids is 1. The first-order chi connectivity index (χ1) is 9.95. The van der Waals surface area contributed by atoms with Crippen molar-refractivity contribution in [3.05, 3.63) is 43.8 Å². The number of fused-ring (bicyclic) bond motifs is 1. The lowest BCUT2D eigenvalue weighted by molar-refractivity contribution is 0.0907. The van der Waals surface area contributed by atoms with Gasteiger partial charge in [0.1, 0.15) is 0 Å². The minimum Gasteiger partial charge on any atom is -0.343 e. The van der Waals surface area contributed by atoms with Crippen LogP contribution in [0.5, 0.6) is 0 Å². The van der Waals surface area contributed by atoms with Crippen LogP contribution in [0.4, 0.5) is 0 Å². The second-order valence-electron chi connectivity index (χ2n) is 6.70. The van der Waals surface area contributed by atoms with Crippen molar-refractivity contribution in [3.8, 4) is 0 Å². The summed E-state index contributed by atoms with van der Waals surface area (Å²) in [6.07, 6.45) is 3.51. The maximum absolute atomic E-state index is 12.6. The van der Waals surface area contributed by atoms with E-state index in [0.717, 1.165) is 17.7 Å². The highest BCUT2D eigenvalue weighted by Gasteiger charge is 2.30. The Balaban J connectivity index is 1.80. The molecule has 2 heterocycles. The lowest BCUT2D eigenvalue weighted by Crippen LogP contribution is -2.35. The number of amides is 1. The van der Waals surface area contributed by atoms with Crippen LogP contribution in [0, 0.1) is 5.41 Å². The number of rotatable bonds is 3. The molecule has 1 amide bonds. The van der Waals surface area contributed by atoms with Gasteiger partial charge in [-0.25, -0.2) is 0 Å². The van der Waals surface area contributed by atoms with E-state index in [2.05, 4.69) is 43.6 Å². The molecule has 0 spiro atoms. The van der Waals surface area contributed by atoms with Crippen LogP contribution >= 0.6 is 22.7 Å². The molecule has 3 rings (SSSR count). The number of aryl methyl sites for hydroxylation is 2. The largest absolute Gasteiger partial charge is 0.343 e. The van der Waals surface area contributed by atoms with E-state index < -0.39 is 0 Å². The van der Waals surface area contributed by atoms with Gasteiger partial charge in [0.15, 0.2) is 0 Å². The van der Waals surface area contributed by atoms with E-state index in [9.17, 15) is 4.79 Å². The van der Waals surface area contributed by atoms with Crippen LogP contribution in [0.3, 0.4) is 0 Å². The van der Waals surface area contributed by atoms with Crippen molar-refractivity contribution in [2.24, 2.45) is 5.41 Å². The van der Waals surface area contributed by atoms with Crippen LogP contribution in [-0.4, -0.2) is 5.91 Å². The van der Waals surface area contributed by atoms with E-state index in [4.69, 9.17) is 0 Å². The number of nitrogens with one attached hydrogen (secondary N) is 1. The molecule has 0 fully saturated rings. The van der Waals surface area contributed by atoms with Crippen LogP contribution < -0.4 is 5.32 Å². The molecule has 4 heteroatoms. The zero-order valence-electron chi connectivity index (χ0n) is 12.7. The maximum Gasteiger partial charge on any atom is 0.261 e. The first kappa shape index (κ1) is 14.8. The summed E-state index contributed by atoms with van der Waals surface area (Å²) in [7, 11) is 0. The molecule has 1 atom stereocenters. The Bertz CT molecular complexity index is 613. The zero-order chi connectivity index (χ0) is 15.0. The highest BCUT2D eigenvalue weighted by Crippen LogP contribution is 2.36. The molecule has 2 aromatic heterocycles. The standard InChI is InChI=1S/C17H21NOS2/c1-17(2,3)15(13-8-5-9-20-13)18-16(19)14-10-11-6-4-7-12(11)21-14/h5,8-10,15H,4,6-7H2,1-3H3,(H,18,19). The number of hydrogen-bond acceptors (Lipinski definition) is 3. The van der Waals surface area contributed by atoms with Gasteiger partial charge in [0.2, 0.25) is 0 Å². The number of carbonyl (C=O) groups is 1. The van der Waals surface area contributed by atoms with E-state index in [1.165, 1.54) is 21.7 Å². The molecule has 21 heavy (non-hydrogen) atoms. The molecule has 1 aliphatic carbocycles. The van der Waals surface area contributed by atoms with Crippen LogP contribution in [-0.2, 0) is 12.8 Å². The number of hydrogen-bond donors (Lipinski definition) is 1. The minimum atomic E-state index is 0.000497. The second kappa shape index (κ2) is 5.58. The molecule has 0 aliphatic heterocycles. The maximum atomic E-state index is 12.6. The third kappa shape index (κ3) is 3.06. The summed E-state index contributed by atoms with van der Waals surface area (Å²) in [6.45, 7) is 6.52. The van der Waals surface area contributed by atoms with E-state index >= 15 is 0 Å². The molecule has 1 unspecified atom stereocenters. The predicted molar refractivity (Wildman–Crippen MR) is 90.3 cm³/mol. The molecule has 2 nitrogen and oxygen atoms in total. The van der Waals surface area contributed by atoms with Crippen molar-refractivity contribution in [2.45, 2.75) is 46.1 Å². The fourth-order valence-electron chi connectivity index (χ4n) is 2.81. The summed E-state index contributed by atoms with van der Waals surface area (Å²) in [5.74, 6) is 0.0720. The lowest BCUT2D eigenvalue weighted by atomic mass is 9.85. The highest BCUT2D eigenvalue weighted by molar-refractivity contribution is 7.14. The normalized spacial score (nSPS) is 15.8. The molecule has 0 bridgehead atoms. The zero-order valence-corrected chi connectivity index (χ0v) is 14.4. The summed E-state index contributed by atoms with van der Waals surface area (Å²) in [4.78, 5) is 16.1. The van der Waals surface area contributed by atoms with Crippen molar-refractivity contribution in [1.82, 2.24) is 5.32 Å². The summed E-state index contributed by atoms with van der Waals surface area (Å²) < 4.78 is 0. The van der Waals surface area contributed by atoms with Gasteiger partial charge in [0, 0.05) is 9.75 Å². The predicted octanol–water partition coefficient (Wildman–Crippen LogP) is 4.82. The molecule has 0 radical (unpaired) electrons. The average molecular weight is 319 g/mol. The van der Waals surface area contributed by atoms with Gasteiger partial charge in [-0.15, -0.1) is 22.7 Å². The smallest absolute Gasteiger partial charge is 0.261 e. The quantitative estimate of drug-likeness (QED) is 0.864. The second-order valence-corrected chi connectivity index (χ2v) is 8.82. The van der Waals surface area contributed by atoms with Gasteiger partial charge in [0.25, 0.3) is 5.91 Å². The van der Waals surface area contributed by atoms with Crippen LogP contribution in [0.2, 0.25) is 0 Å². The average Bonchev–Trinajstić information content (AvgIpc) is 3.09. The molecular weight excluding hydrogens is 298 g/mol. The fourth-order valence-corrected chi connectivity index (χ4v) is 4.99. The Morgan fingerprint density at radius 2 is 2.14 bits per heavy atom. The number of thiophene rings is 2. The van der Waals surface area contributed by atoms with E-state index in [1.807, 2.05) is 6.07 Å². The molecule has 1 N–H and O–H groups in total. The summed E-state index contributed by atoms with van der Waals surface area (Å²) in [6, 6.07) is 6.30. The Labute approximate surface area is 134 Å². The minimum absolute atomic E-state index is 0.000497. The van der Waals surface area contributed by atoms with Gasteiger partial charge in [-0.1, -0.05) is 26.8 Å². The first-order valence-corrected chi connectivity index (χ1v) is 9.10. The monoisotopic (exact) mass is 319 g/mol. The van der Waals surface area contributed by atoms with Crippen LogP contribution in [0.15, 0.2) is 23.6 Å². The first-order valence-electron chi connectivity index (χ1n) is 7.41. The highest BCUT2D eigenvalue weighted by atomic mass is 32.1. The summed E-state index contributed by atoms with van der Waals surface area (Å²) >= 11 is 3.38. The SMILES string of the molecule is CC(C)(C)C(NC(=O)c1cc2c(s1)CCC2)c1cccs1. The third-order valence-corrected chi connectivity index (χ3v) is 6.11. The van der Waals surface area contributed by atoms with Crippen molar-refractivity contribution in [3.63, 3.8) is 0 Å². The molecular formula is C17H21NOS2. The summed E-state index contributed by atoms with van der Waals surface area (Å²) in [5, 5.41) is 5.32. The Morgan fingerprint density at radius 3 is 2.76 bits per heavy atom. The van der Waals surface area contributed by atoms with Crippen molar-refractivity contribution < 1.29 is 4.79 Å². The molecule has 0 saturated heterocycles. The van der Waals surface area contributed by atoms with Gasteiger partial charge >= 0.3 is 0 Å². The van der Waals surface area contributed by atoms with Gasteiger partial charge < -0.3 is 5.32 Å².